The fourth-order valence-electron chi connectivity index (χ4n) is 3.03. The number of hydrogen-bond acceptors (Lipinski definition) is 9. The predicted octanol–water partition coefficient (Wildman–Crippen LogP) is 3.63. The number of nitrogen functional groups attached to an aromatic ring is 2. The maximum atomic E-state index is 12.2. The highest BCUT2D eigenvalue weighted by atomic mass is 32.2. The van der Waals surface area contributed by atoms with Crippen LogP contribution in [-0.2, 0) is 10.5 Å². The van der Waals surface area contributed by atoms with Crippen LogP contribution >= 0.6 is 23.1 Å². The lowest BCUT2D eigenvalue weighted by atomic mass is 10.2. The molecule has 1 aromatic carbocycles. The number of imidazole rings is 1. The van der Waals surface area contributed by atoms with E-state index in [2.05, 4.69) is 15.0 Å². The molecule has 0 aliphatic carbocycles. The summed E-state index contributed by atoms with van der Waals surface area (Å²) >= 11 is 2.68. The quantitative estimate of drug-likeness (QED) is 0.265. The molecule has 0 unspecified atom stereocenters. The Morgan fingerprint density at radius 1 is 1.23 bits per heavy atom. The van der Waals surface area contributed by atoms with Crippen LogP contribution in [0, 0.1) is 6.92 Å². The Labute approximate surface area is 181 Å². The highest BCUT2D eigenvalue weighted by Gasteiger charge is 2.20. The first-order valence-corrected chi connectivity index (χ1v) is 11.0. The van der Waals surface area contributed by atoms with E-state index in [4.69, 9.17) is 16.3 Å². The number of carbonyl (C=O) groups is 1. The second-order valence-corrected chi connectivity index (χ2v) is 8.39. The van der Waals surface area contributed by atoms with Gasteiger partial charge in [0.15, 0.2) is 5.16 Å². The largest absolute Gasteiger partial charge is 0.462 e. The number of anilines is 1. The minimum Gasteiger partial charge on any atom is -0.462 e. The van der Waals surface area contributed by atoms with Crippen molar-refractivity contribution in [3.05, 3.63) is 52.8 Å². The van der Waals surface area contributed by atoms with Gasteiger partial charge in [0.1, 0.15) is 21.3 Å². The molecular formula is C20H20N6O2S2. The topological polar surface area (TPSA) is 122 Å². The Hall–Kier alpha value is -3.11. The molecule has 0 aliphatic rings. The number of nitrogens with zero attached hydrogens (tertiary/aromatic N) is 4. The summed E-state index contributed by atoms with van der Waals surface area (Å²) in [5.74, 6) is 7.03. The van der Waals surface area contributed by atoms with Gasteiger partial charge in [0.25, 0.3) is 0 Å². The molecule has 0 bridgehead atoms. The highest BCUT2D eigenvalue weighted by molar-refractivity contribution is 7.98. The number of aryl methyl sites for hydroxylation is 1. The number of carbonyl (C=O) groups excluding carboxylic acids is 1. The molecule has 0 radical (unpaired) electrons. The van der Waals surface area contributed by atoms with Gasteiger partial charge in [-0.05, 0) is 19.4 Å². The monoisotopic (exact) mass is 440 g/mol. The van der Waals surface area contributed by atoms with E-state index in [9.17, 15) is 4.79 Å². The third-order valence-electron chi connectivity index (χ3n) is 4.42. The van der Waals surface area contributed by atoms with Crippen LogP contribution in [0.25, 0.3) is 21.5 Å². The second kappa shape index (κ2) is 8.33. The molecule has 3 heterocycles. The van der Waals surface area contributed by atoms with Crippen molar-refractivity contribution in [1.82, 2.24) is 19.6 Å². The van der Waals surface area contributed by atoms with Crippen molar-refractivity contribution < 1.29 is 9.53 Å². The summed E-state index contributed by atoms with van der Waals surface area (Å²) < 4.78 is 6.61. The minimum absolute atomic E-state index is 0.312. The number of rotatable bonds is 6. The van der Waals surface area contributed by atoms with Crippen LogP contribution in [0.5, 0.6) is 0 Å². The first kappa shape index (κ1) is 20.2. The summed E-state index contributed by atoms with van der Waals surface area (Å²) in [5.41, 5.74) is 8.71. The normalized spacial score (nSPS) is 11.1. The van der Waals surface area contributed by atoms with Crippen molar-refractivity contribution in [1.29, 1.82) is 0 Å². The fraction of sp³-hybridized carbons (Fsp3) is 0.200. The molecule has 30 heavy (non-hydrogen) atoms. The van der Waals surface area contributed by atoms with Crippen LogP contribution < -0.4 is 11.6 Å². The molecule has 3 aromatic heterocycles. The fourth-order valence-corrected chi connectivity index (χ4v) is 4.89. The highest BCUT2D eigenvalue weighted by Crippen LogP contribution is 2.34. The summed E-state index contributed by atoms with van der Waals surface area (Å²) in [4.78, 5) is 26.9. The van der Waals surface area contributed by atoms with Crippen molar-refractivity contribution in [3.8, 4) is 11.3 Å². The molecule has 4 aromatic rings. The molecule has 10 heteroatoms. The van der Waals surface area contributed by atoms with E-state index in [1.54, 1.807) is 13.1 Å². The smallest absolute Gasteiger partial charge is 0.348 e. The van der Waals surface area contributed by atoms with Gasteiger partial charge in [-0.3, -0.25) is 0 Å². The van der Waals surface area contributed by atoms with E-state index in [-0.39, 0.29) is 5.97 Å². The number of thioether (sulfide) groups is 1. The van der Waals surface area contributed by atoms with Crippen LogP contribution in [0.2, 0.25) is 0 Å². The Bertz CT molecular complexity index is 1220. The lowest BCUT2D eigenvalue weighted by Crippen LogP contribution is -2.08. The average Bonchev–Trinajstić information content (AvgIpc) is 3.27. The molecule has 0 saturated heterocycles. The summed E-state index contributed by atoms with van der Waals surface area (Å²) in [6.07, 6.45) is 1.78. The maximum absolute atomic E-state index is 12.2. The number of thiophene rings is 1. The van der Waals surface area contributed by atoms with Crippen molar-refractivity contribution in [2.24, 2.45) is 0 Å². The summed E-state index contributed by atoms with van der Waals surface area (Å²) in [6.45, 7) is 3.91. The van der Waals surface area contributed by atoms with Gasteiger partial charge in [0, 0.05) is 5.56 Å². The van der Waals surface area contributed by atoms with Crippen LogP contribution in [0.1, 0.15) is 28.0 Å². The molecule has 4 rings (SSSR count). The predicted molar refractivity (Wildman–Crippen MR) is 120 cm³/mol. The maximum Gasteiger partial charge on any atom is 0.348 e. The number of nitrogens with two attached hydrogens (primary N) is 2. The van der Waals surface area contributed by atoms with Gasteiger partial charge in [0.2, 0.25) is 0 Å². The van der Waals surface area contributed by atoms with E-state index in [0.29, 0.717) is 44.3 Å². The van der Waals surface area contributed by atoms with Crippen LogP contribution in [0.4, 0.5) is 5.82 Å². The molecular weight excluding hydrogens is 420 g/mol. The molecule has 0 atom stereocenters. The van der Waals surface area contributed by atoms with Gasteiger partial charge < -0.3 is 16.3 Å². The molecule has 4 N–H and O–H groups in total. The SMILES string of the molecule is CCOC(=O)c1sc2nc(CSc3nc(-c4ccccc4)cn3N)nc(N)c2c1C. The number of hydrogen-bond donors (Lipinski definition) is 2. The third-order valence-corrected chi connectivity index (χ3v) is 6.55. The van der Waals surface area contributed by atoms with Crippen LogP contribution in [0.15, 0.2) is 41.7 Å². The van der Waals surface area contributed by atoms with Crippen molar-refractivity contribution in [2.75, 3.05) is 18.2 Å². The number of ether oxygens (including phenoxy) is 1. The summed E-state index contributed by atoms with van der Waals surface area (Å²) in [5, 5.41) is 1.34. The standard InChI is InChI=1S/C20H20N6O2S2/c1-3-28-19(27)16-11(2)15-17(21)24-14(25-18(15)30-16)10-29-20-23-13(9-26(20)22)12-7-5-4-6-8-12/h4-9H,3,10,22H2,1-2H3,(H2,21,24,25). The van der Waals surface area contributed by atoms with E-state index in [1.165, 1.54) is 27.8 Å². The average molecular weight is 441 g/mol. The zero-order valence-electron chi connectivity index (χ0n) is 16.5. The number of esters is 1. The van der Waals surface area contributed by atoms with Gasteiger partial charge in [-0.15, -0.1) is 11.3 Å². The van der Waals surface area contributed by atoms with Gasteiger partial charge >= 0.3 is 5.97 Å². The van der Waals surface area contributed by atoms with Crippen LogP contribution in [-0.4, -0.2) is 32.2 Å². The lowest BCUT2D eigenvalue weighted by Gasteiger charge is -2.03. The first-order chi connectivity index (χ1) is 14.5. The molecule has 0 aliphatic heterocycles. The Balaban J connectivity index is 1.58. The number of aromatic nitrogens is 4. The molecule has 8 nitrogen and oxygen atoms in total. The van der Waals surface area contributed by atoms with E-state index >= 15 is 0 Å². The molecule has 0 amide bonds. The Morgan fingerprint density at radius 3 is 2.73 bits per heavy atom. The van der Waals surface area contributed by atoms with Gasteiger partial charge in [-0.25, -0.2) is 24.4 Å². The summed E-state index contributed by atoms with van der Waals surface area (Å²) in [7, 11) is 0. The second-order valence-electron chi connectivity index (χ2n) is 6.45. The van der Waals surface area contributed by atoms with Crippen molar-refractivity contribution >= 4 is 45.1 Å². The lowest BCUT2D eigenvalue weighted by molar-refractivity contribution is 0.0531. The summed E-state index contributed by atoms with van der Waals surface area (Å²) in [6, 6.07) is 9.83. The van der Waals surface area contributed by atoms with Crippen molar-refractivity contribution in [2.45, 2.75) is 24.8 Å². The van der Waals surface area contributed by atoms with E-state index < -0.39 is 0 Å². The van der Waals surface area contributed by atoms with Crippen LogP contribution in [0.3, 0.4) is 0 Å². The first-order valence-electron chi connectivity index (χ1n) is 9.23. The number of fused-ring (bicyclic) bond motifs is 1. The molecule has 0 saturated carbocycles. The van der Waals surface area contributed by atoms with E-state index in [1.807, 2.05) is 37.3 Å². The van der Waals surface area contributed by atoms with Gasteiger partial charge in [0.05, 0.1) is 29.6 Å². The Kier molecular flexibility index (Phi) is 5.60. The zero-order chi connectivity index (χ0) is 21.3. The Morgan fingerprint density at radius 2 is 2.00 bits per heavy atom. The van der Waals surface area contributed by atoms with Crippen molar-refractivity contribution in [3.63, 3.8) is 0 Å². The number of benzene rings is 1. The van der Waals surface area contributed by atoms with Gasteiger partial charge in [-0.1, -0.05) is 42.1 Å². The molecule has 0 fully saturated rings. The zero-order valence-corrected chi connectivity index (χ0v) is 18.1. The molecule has 0 spiro atoms. The molecule has 154 valence electrons. The third kappa shape index (κ3) is 3.83. The van der Waals surface area contributed by atoms with Gasteiger partial charge in [-0.2, -0.15) is 0 Å². The minimum atomic E-state index is -0.369. The van der Waals surface area contributed by atoms with E-state index in [0.717, 1.165) is 16.8 Å².